The Morgan fingerprint density at radius 2 is 1.14 bits per heavy atom. The summed E-state index contributed by atoms with van der Waals surface area (Å²) >= 11 is 6.95. The van der Waals surface area contributed by atoms with Gasteiger partial charge in [-0.05, 0) is 0 Å². The van der Waals surface area contributed by atoms with Crippen LogP contribution in [0.4, 0.5) is 0 Å². The number of rotatable bonds is 0. The Bertz CT molecular complexity index is 26.5. The standard InChI is InChI=1S/CHI3.Ca.Pb.Ti.4H/c2-1(3)4;;;;;;;/h1H;;;;;;;/q;+2;;;;;2*-1. The Morgan fingerprint density at radius 1 is 1.14 bits per heavy atom. The van der Waals surface area contributed by atoms with Gasteiger partial charge in [0.05, 0.1) is 0 Å². The maximum absolute atomic E-state index is 2.32. The van der Waals surface area contributed by atoms with Gasteiger partial charge in [-0.2, -0.15) is 0 Å². The van der Waals surface area contributed by atoms with E-state index in [9.17, 15) is 0 Å². The van der Waals surface area contributed by atoms with Gasteiger partial charge >= 0.3 is 65.0 Å². The third-order valence-electron chi connectivity index (χ3n) is 0. The quantitative estimate of drug-likeness (QED) is 0.205. The molecule has 0 rings (SSSR count). The molecule has 0 aliphatic heterocycles. The molecular weight excluding hydrogens is 688 g/mol. The summed E-state index contributed by atoms with van der Waals surface area (Å²) in [7, 11) is 0. The molecule has 0 aliphatic carbocycles. The zero-order valence-corrected chi connectivity index (χ0v) is 19.4. The number of hydrogen-bond donors (Lipinski definition) is 0. The van der Waals surface area contributed by atoms with E-state index in [1.807, 2.05) is 0 Å². The Balaban J connectivity index is -0.00000000450. The molecule has 7 heavy (non-hydrogen) atoms. The molecule has 0 unspecified atom stereocenters. The van der Waals surface area contributed by atoms with Crippen molar-refractivity contribution < 1.29 is 24.6 Å². The molecule has 6 heteroatoms. The van der Waals surface area contributed by atoms with Crippen LogP contribution < -0.4 is 0 Å². The van der Waals surface area contributed by atoms with Gasteiger partial charge in [0.2, 0.25) is 0 Å². The molecule has 0 nitrogen and oxygen atoms in total. The topological polar surface area (TPSA) is 0 Å². The minimum absolute atomic E-state index is 0. The van der Waals surface area contributed by atoms with Crippen LogP contribution in [0, 0.1) is 0 Å². The van der Waals surface area contributed by atoms with E-state index in [0.717, 1.165) is -0.0619 Å². The molecule has 0 spiro atoms. The van der Waals surface area contributed by atoms with Crippen LogP contribution in [0.5, 0.6) is 0 Å². The fourth-order valence-corrected chi connectivity index (χ4v) is 0. The van der Waals surface area contributed by atoms with Crippen molar-refractivity contribution in [2.75, 3.05) is 0 Å². The summed E-state index contributed by atoms with van der Waals surface area (Å²) in [5.41, 5.74) is 0. The average Bonchev–Trinajstić information content (AvgIpc) is 0.811. The minimum atomic E-state index is 0. The van der Waals surface area contributed by atoms with Gasteiger partial charge in [0.15, 0.2) is 0 Å². The Hall–Kier alpha value is 5.09. The van der Waals surface area contributed by atoms with Crippen LogP contribution in [-0.4, -0.2) is 65.0 Å². The molecule has 0 saturated carbocycles. The molecule has 0 aromatic heterocycles. The summed E-state index contributed by atoms with van der Waals surface area (Å²) in [5, 5.41) is 0. The first-order valence-corrected chi connectivity index (χ1v) is 4.39. The largest absolute Gasteiger partial charge is 0 e. The summed E-state index contributed by atoms with van der Waals surface area (Å²) in [6.45, 7) is 0. The molecule has 0 bridgehead atoms. The molecule has 40 valence electrons. The predicted octanol–water partition coefficient (Wildman–Crippen LogP) is 1.50. The van der Waals surface area contributed by atoms with E-state index in [0.29, 0.717) is 0 Å². The van der Waals surface area contributed by atoms with Crippen LogP contribution in [0.2, 0.25) is 0 Å². The van der Waals surface area contributed by atoms with Crippen molar-refractivity contribution in [2.45, 2.75) is -0.0619 Å². The summed E-state index contributed by atoms with van der Waals surface area (Å²) in [6.07, 6.45) is 0. The summed E-state index contributed by atoms with van der Waals surface area (Å²) < 4.78 is 0.743. The average molecular weight is 693 g/mol. The van der Waals surface area contributed by atoms with Crippen LogP contribution in [0.25, 0.3) is 0 Å². The van der Waals surface area contributed by atoms with Crippen molar-refractivity contribution in [3.8, 4) is 0 Å². The third kappa shape index (κ3) is 35.4. The van der Waals surface area contributed by atoms with Crippen molar-refractivity contribution in [1.82, 2.24) is 0 Å². The third-order valence-corrected chi connectivity index (χ3v) is 0. The Kier molecular flexibility index (Phi) is 56.0. The van der Waals surface area contributed by atoms with Gasteiger partial charge in [-0.25, -0.2) is 0 Å². The van der Waals surface area contributed by atoms with Crippen LogP contribution in [-0.2, 0) is 21.7 Å². The second-order valence-electron chi connectivity index (χ2n) is 0.247. The molecule has 0 aromatic carbocycles. The Morgan fingerprint density at radius 3 is 1.14 bits per heavy atom. The van der Waals surface area contributed by atoms with E-state index >= 15 is 0 Å². The summed E-state index contributed by atoms with van der Waals surface area (Å²) in [4.78, 5) is 0. The fraction of sp³-hybridized carbons (Fsp3) is 1.00. The van der Waals surface area contributed by atoms with Crippen molar-refractivity contribution in [3.63, 3.8) is 0 Å². The monoisotopic (exact) mass is 694 g/mol. The molecule has 0 aliphatic rings. The van der Waals surface area contributed by atoms with Crippen LogP contribution >= 0.6 is 67.8 Å². The number of hydrogen-bond acceptors (Lipinski definition) is 0. The number of halogens is 3. The zero-order chi connectivity index (χ0) is 3.58. The van der Waals surface area contributed by atoms with Crippen LogP contribution in [0.1, 0.15) is 2.85 Å². The summed E-state index contributed by atoms with van der Waals surface area (Å²) in [5.74, 6) is 0. The molecule has 0 N–H and O–H groups in total. The van der Waals surface area contributed by atoms with Gasteiger partial charge in [0.25, 0.3) is 0 Å². The van der Waals surface area contributed by atoms with Gasteiger partial charge < -0.3 is 2.85 Å². The van der Waals surface area contributed by atoms with Gasteiger partial charge in [-0.3, -0.25) is 0 Å². The van der Waals surface area contributed by atoms with Crippen LogP contribution in [0.3, 0.4) is 0 Å². The van der Waals surface area contributed by atoms with E-state index in [1.165, 1.54) is 0 Å². The Labute approximate surface area is 153 Å². The van der Waals surface area contributed by atoms with E-state index in [4.69, 9.17) is 0 Å². The molecule has 0 fully saturated rings. The normalized spacial score (nSPS) is 5.14. The fourth-order valence-electron chi connectivity index (χ4n) is 0. The maximum Gasteiger partial charge on any atom is 0 e. The van der Waals surface area contributed by atoms with Crippen molar-refractivity contribution in [1.29, 1.82) is 0 Å². The summed E-state index contributed by atoms with van der Waals surface area (Å²) in [6, 6.07) is 0. The van der Waals surface area contributed by atoms with Crippen molar-refractivity contribution in [2.24, 2.45) is 0 Å². The maximum atomic E-state index is 2.32. The molecule has 0 atom stereocenters. The van der Waals surface area contributed by atoms with Crippen molar-refractivity contribution in [3.05, 3.63) is 0 Å². The zero-order valence-electron chi connectivity index (χ0n) is 5.63. The van der Waals surface area contributed by atoms with E-state index < -0.39 is 0 Å². The molecule has 0 aromatic rings. The van der Waals surface area contributed by atoms with Gasteiger partial charge in [0.1, 0.15) is -0.0619 Å². The molecule has 2 radical (unpaired) electrons. The van der Waals surface area contributed by atoms with Gasteiger partial charge in [0, 0.05) is 21.7 Å². The van der Waals surface area contributed by atoms with Gasteiger partial charge in [-0.15, -0.1) is 0 Å². The SMILES string of the molecule is IC(I)I.[Ca+2].[H-].[H-].[PbH2].[Ti]. The van der Waals surface area contributed by atoms with E-state index in [-0.39, 0.29) is 89.6 Å². The van der Waals surface area contributed by atoms with Gasteiger partial charge in [-0.1, -0.05) is 67.8 Å². The smallest absolute Gasteiger partial charge is 0 e. The van der Waals surface area contributed by atoms with Crippen molar-refractivity contribution >= 4 is 133 Å². The second kappa shape index (κ2) is 17.2. The van der Waals surface area contributed by atoms with E-state index in [2.05, 4.69) is 67.8 Å². The first kappa shape index (κ1) is 22.7. The predicted molar refractivity (Wildman–Crippen MR) is 62.4 cm³/mol. The molecule has 0 saturated heterocycles. The molecular formula is CH5CaI3PbTi. The molecule has 0 amide bonds. The second-order valence-corrected chi connectivity index (χ2v) is 11.1. The van der Waals surface area contributed by atoms with Crippen LogP contribution in [0.15, 0.2) is 0 Å². The minimum Gasteiger partial charge on any atom is 0 e. The molecule has 0 heterocycles. The number of alkyl halides is 3. The first-order valence-electron chi connectivity index (χ1n) is 0.655. The van der Waals surface area contributed by atoms with E-state index in [1.54, 1.807) is 0 Å². The first-order chi connectivity index (χ1) is 1.73.